The molecule has 0 spiro atoms. The molecule has 0 aliphatic carbocycles. The molecule has 0 amide bonds. The van der Waals surface area contributed by atoms with E-state index in [2.05, 4.69) is 19.2 Å². The van der Waals surface area contributed by atoms with Gasteiger partial charge in [0.2, 0.25) is 0 Å². The molecule has 1 aromatic rings. The van der Waals surface area contributed by atoms with Crippen LogP contribution in [0.15, 0.2) is 16.7 Å². The molecule has 1 aliphatic heterocycles. The van der Waals surface area contributed by atoms with Crippen molar-refractivity contribution in [1.82, 2.24) is 5.32 Å². The van der Waals surface area contributed by atoms with Crippen molar-refractivity contribution < 1.29 is 9.15 Å². The molecule has 0 radical (unpaired) electrons. The molecule has 1 fully saturated rings. The van der Waals surface area contributed by atoms with Gasteiger partial charge in [0.15, 0.2) is 0 Å². The Morgan fingerprint density at radius 2 is 2.40 bits per heavy atom. The Bertz CT molecular complexity index is 308. The third kappa shape index (κ3) is 2.83. The molecule has 1 aliphatic rings. The van der Waals surface area contributed by atoms with Gasteiger partial charge in [0.05, 0.1) is 18.9 Å². The van der Waals surface area contributed by atoms with Crippen LogP contribution in [0, 0.1) is 6.92 Å². The first-order valence-electron chi connectivity index (χ1n) is 5.63. The molecule has 2 heterocycles. The molecule has 1 N–H and O–H groups in total. The van der Waals surface area contributed by atoms with Crippen molar-refractivity contribution in [3.8, 4) is 0 Å². The van der Waals surface area contributed by atoms with Crippen LogP contribution in [0.25, 0.3) is 0 Å². The van der Waals surface area contributed by atoms with Crippen LogP contribution in [0.1, 0.15) is 31.1 Å². The van der Waals surface area contributed by atoms with Gasteiger partial charge in [-0.25, -0.2) is 0 Å². The molecular weight excluding hydrogens is 190 g/mol. The Hall–Kier alpha value is -0.800. The summed E-state index contributed by atoms with van der Waals surface area (Å²) in [6.07, 6.45) is 4.33. The third-order valence-electron chi connectivity index (χ3n) is 3.00. The largest absolute Gasteiger partial charge is 0.468 e. The van der Waals surface area contributed by atoms with E-state index in [0.717, 1.165) is 31.8 Å². The molecule has 1 aromatic heterocycles. The fraction of sp³-hybridized carbons (Fsp3) is 0.667. The molecule has 84 valence electrons. The average Bonchev–Trinajstić information content (AvgIpc) is 2.61. The second-order valence-corrected chi connectivity index (χ2v) is 4.31. The molecule has 2 rings (SSSR count). The number of rotatable bonds is 3. The highest BCUT2D eigenvalue weighted by Gasteiger charge is 2.19. The van der Waals surface area contributed by atoms with Crippen LogP contribution in [0.2, 0.25) is 0 Å². The molecule has 0 bridgehead atoms. The van der Waals surface area contributed by atoms with Gasteiger partial charge in [-0.2, -0.15) is 0 Å². The molecule has 0 aromatic carbocycles. The van der Waals surface area contributed by atoms with Gasteiger partial charge < -0.3 is 14.5 Å². The maximum absolute atomic E-state index is 5.51. The lowest BCUT2D eigenvalue weighted by Crippen LogP contribution is -2.37. The van der Waals surface area contributed by atoms with Gasteiger partial charge in [-0.15, -0.1) is 0 Å². The van der Waals surface area contributed by atoms with Gasteiger partial charge >= 0.3 is 0 Å². The van der Waals surface area contributed by atoms with Crippen LogP contribution in [0.4, 0.5) is 0 Å². The van der Waals surface area contributed by atoms with Crippen molar-refractivity contribution in [2.45, 2.75) is 45.4 Å². The highest BCUT2D eigenvalue weighted by atomic mass is 16.5. The first kappa shape index (κ1) is 10.7. The van der Waals surface area contributed by atoms with Crippen molar-refractivity contribution in [1.29, 1.82) is 0 Å². The predicted molar refractivity (Wildman–Crippen MR) is 58.7 cm³/mol. The van der Waals surface area contributed by atoms with Crippen molar-refractivity contribution in [3.05, 3.63) is 23.7 Å². The summed E-state index contributed by atoms with van der Waals surface area (Å²) in [7, 11) is 0. The number of nitrogens with one attached hydrogen (secondary N) is 1. The number of ether oxygens (including phenoxy) is 1. The highest BCUT2D eigenvalue weighted by Crippen LogP contribution is 2.15. The quantitative estimate of drug-likeness (QED) is 0.829. The van der Waals surface area contributed by atoms with Gasteiger partial charge in [0.1, 0.15) is 5.76 Å². The standard InChI is InChI=1S/C12H19NO2/c1-9-3-5-15-12(9)8-13-11-4-6-14-10(2)7-11/h3,5,10-11,13H,4,6-8H2,1-2H3. The maximum atomic E-state index is 5.51. The fourth-order valence-electron chi connectivity index (χ4n) is 2.01. The average molecular weight is 209 g/mol. The molecule has 2 unspecified atom stereocenters. The lowest BCUT2D eigenvalue weighted by atomic mass is 10.0. The van der Waals surface area contributed by atoms with Crippen LogP contribution in [-0.2, 0) is 11.3 Å². The first-order chi connectivity index (χ1) is 7.25. The molecule has 0 saturated carbocycles. The Kier molecular flexibility index (Phi) is 3.44. The van der Waals surface area contributed by atoms with E-state index in [1.807, 2.05) is 6.07 Å². The summed E-state index contributed by atoms with van der Waals surface area (Å²) in [5, 5.41) is 3.52. The molecule has 3 nitrogen and oxygen atoms in total. The summed E-state index contributed by atoms with van der Waals surface area (Å²) in [5.41, 5.74) is 1.22. The van der Waals surface area contributed by atoms with E-state index >= 15 is 0 Å². The van der Waals surface area contributed by atoms with Crippen molar-refractivity contribution in [3.63, 3.8) is 0 Å². The van der Waals surface area contributed by atoms with Gasteiger partial charge in [-0.05, 0) is 38.3 Å². The Morgan fingerprint density at radius 3 is 3.07 bits per heavy atom. The SMILES string of the molecule is Cc1ccoc1CNC1CCOC(C)C1. The predicted octanol–water partition coefficient (Wildman–Crippen LogP) is 2.25. The molecule has 3 heteroatoms. The van der Waals surface area contributed by atoms with Crippen molar-refractivity contribution in [2.75, 3.05) is 6.61 Å². The second-order valence-electron chi connectivity index (χ2n) is 4.31. The van der Waals surface area contributed by atoms with E-state index in [0.29, 0.717) is 12.1 Å². The molecule has 15 heavy (non-hydrogen) atoms. The van der Waals surface area contributed by atoms with E-state index in [9.17, 15) is 0 Å². The zero-order chi connectivity index (χ0) is 10.7. The Balaban J connectivity index is 1.80. The minimum Gasteiger partial charge on any atom is -0.468 e. The van der Waals surface area contributed by atoms with Crippen LogP contribution < -0.4 is 5.32 Å². The zero-order valence-corrected chi connectivity index (χ0v) is 9.45. The van der Waals surface area contributed by atoms with Gasteiger partial charge in [0, 0.05) is 12.6 Å². The molecule has 1 saturated heterocycles. The van der Waals surface area contributed by atoms with Crippen LogP contribution in [0.5, 0.6) is 0 Å². The summed E-state index contributed by atoms with van der Waals surface area (Å²) in [4.78, 5) is 0. The van der Waals surface area contributed by atoms with Gasteiger partial charge in [0.25, 0.3) is 0 Å². The van der Waals surface area contributed by atoms with Crippen molar-refractivity contribution >= 4 is 0 Å². The van der Waals surface area contributed by atoms with E-state index in [4.69, 9.17) is 9.15 Å². The van der Waals surface area contributed by atoms with E-state index < -0.39 is 0 Å². The van der Waals surface area contributed by atoms with E-state index in [1.165, 1.54) is 5.56 Å². The highest BCUT2D eigenvalue weighted by molar-refractivity contribution is 5.14. The Labute approximate surface area is 90.8 Å². The molecule has 2 atom stereocenters. The summed E-state index contributed by atoms with van der Waals surface area (Å²) in [6.45, 7) is 5.91. The van der Waals surface area contributed by atoms with E-state index in [1.54, 1.807) is 6.26 Å². The zero-order valence-electron chi connectivity index (χ0n) is 9.45. The number of aryl methyl sites for hydroxylation is 1. The summed E-state index contributed by atoms with van der Waals surface area (Å²) in [6, 6.07) is 2.57. The van der Waals surface area contributed by atoms with Crippen LogP contribution in [0.3, 0.4) is 0 Å². The monoisotopic (exact) mass is 209 g/mol. The Morgan fingerprint density at radius 1 is 1.53 bits per heavy atom. The summed E-state index contributed by atoms with van der Waals surface area (Å²) in [5.74, 6) is 1.05. The fourth-order valence-corrected chi connectivity index (χ4v) is 2.01. The molecular formula is C12H19NO2. The van der Waals surface area contributed by atoms with Gasteiger partial charge in [-0.1, -0.05) is 0 Å². The maximum Gasteiger partial charge on any atom is 0.120 e. The number of hydrogen-bond acceptors (Lipinski definition) is 3. The van der Waals surface area contributed by atoms with Crippen molar-refractivity contribution in [2.24, 2.45) is 0 Å². The van der Waals surface area contributed by atoms with E-state index in [-0.39, 0.29) is 0 Å². The van der Waals surface area contributed by atoms with Crippen LogP contribution in [-0.4, -0.2) is 18.8 Å². The summed E-state index contributed by atoms with van der Waals surface area (Å²) < 4.78 is 10.9. The first-order valence-corrected chi connectivity index (χ1v) is 5.63. The lowest BCUT2D eigenvalue weighted by molar-refractivity contribution is 0.0127. The topological polar surface area (TPSA) is 34.4 Å². The second kappa shape index (κ2) is 4.81. The summed E-state index contributed by atoms with van der Waals surface area (Å²) >= 11 is 0. The minimum absolute atomic E-state index is 0.383. The van der Waals surface area contributed by atoms with Gasteiger partial charge in [-0.3, -0.25) is 0 Å². The number of furan rings is 1. The normalized spacial score (nSPS) is 26.8. The third-order valence-corrected chi connectivity index (χ3v) is 3.00. The smallest absolute Gasteiger partial charge is 0.120 e. The number of hydrogen-bond donors (Lipinski definition) is 1. The minimum atomic E-state index is 0.383. The van der Waals surface area contributed by atoms with Crippen LogP contribution >= 0.6 is 0 Å². The lowest BCUT2D eigenvalue weighted by Gasteiger charge is -2.27.